The maximum Gasteiger partial charge on any atom is 0.139 e. The standard InChI is InChI=1S/C17H19ClFNO/c1-12(2)20-11-17(13-6-4-3-5-7-13)21-16-9-8-14(19)10-15(16)18/h3-10,12,17,20H,11H2,1-2H3. The van der Waals surface area contributed by atoms with Gasteiger partial charge in [0.2, 0.25) is 0 Å². The molecule has 2 nitrogen and oxygen atoms in total. The van der Waals surface area contributed by atoms with Crippen LogP contribution in [0.1, 0.15) is 25.5 Å². The minimum Gasteiger partial charge on any atom is -0.483 e. The summed E-state index contributed by atoms with van der Waals surface area (Å²) in [6.07, 6.45) is -0.184. The van der Waals surface area contributed by atoms with Crippen LogP contribution < -0.4 is 10.1 Å². The van der Waals surface area contributed by atoms with Crippen molar-refractivity contribution in [1.82, 2.24) is 5.32 Å². The van der Waals surface area contributed by atoms with E-state index in [1.54, 1.807) is 6.07 Å². The van der Waals surface area contributed by atoms with Crippen molar-refractivity contribution < 1.29 is 9.13 Å². The van der Waals surface area contributed by atoms with Gasteiger partial charge in [-0.05, 0) is 23.8 Å². The Morgan fingerprint density at radius 2 is 1.86 bits per heavy atom. The number of ether oxygens (including phenoxy) is 1. The van der Waals surface area contributed by atoms with Gasteiger partial charge in [-0.25, -0.2) is 4.39 Å². The zero-order valence-corrected chi connectivity index (χ0v) is 12.9. The molecule has 0 amide bonds. The van der Waals surface area contributed by atoms with Crippen LogP contribution >= 0.6 is 11.6 Å². The van der Waals surface area contributed by atoms with Gasteiger partial charge in [-0.3, -0.25) is 0 Å². The lowest BCUT2D eigenvalue weighted by Crippen LogP contribution is -2.30. The molecule has 0 aliphatic carbocycles. The number of hydrogen-bond acceptors (Lipinski definition) is 2. The van der Waals surface area contributed by atoms with E-state index in [1.807, 2.05) is 30.3 Å². The van der Waals surface area contributed by atoms with E-state index in [9.17, 15) is 4.39 Å². The first-order chi connectivity index (χ1) is 10.1. The third-order valence-corrected chi connectivity index (χ3v) is 3.34. The van der Waals surface area contributed by atoms with Gasteiger partial charge in [0.25, 0.3) is 0 Å². The number of nitrogens with one attached hydrogen (secondary N) is 1. The fourth-order valence-corrected chi connectivity index (χ4v) is 2.17. The molecule has 0 heterocycles. The Kier molecular flexibility index (Phi) is 5.59. The molecular weight excluding hydrogens is 289 g/mol. The van der Waals surface area contributed by atoms with Gasteiger partial charge in [0.15, 0.2) is 0 Å². The van der Waals surface area contributed by atoms with E-state index in [0.29, 0.717) is 18.3 Å². The van der Waals surface area contributed by atoms with Crippen molar-refractivity contribution in [2.45, 2.75) is 26.0 Å². The van der Waals surface area contributed by atoms with Crippen molar-refractivity contribution in [2.75, 3.05) is 6.54 Å². The van der Waals surface area contributed by atoms with Crippen LogP contribution in [0, 0.1) is 5.82 Å². The molecule has 1 N–H and O–H groups in total. The van der Waals surface area contributed by atoms with Crippen molar-refractivity contribution in [2.24, 2.45) is 0 Å². The first kappa shape index (κ1) is 15.8. The SMILES string of the molecule is CC(C)NCC(Oc1ccc(F)cc1Cl)c1ccccc1. The molecule has 0 aliphatic heterocycles. The van der Waals surface area contributed by atoms with Gasteiger partial charge >= 0.3 is 0 Å². The van der Waals surface area contributed by atoms with Gasteiger partial charge in [-0.1, -0.05) is 55.8 Å². The van der Waals surface area contributed by atoms with Crippen molar-refractivity contribution in [3.63, 3.8) is 0 Å². The second-order valence-corrected chi connectivity index (χ2v) is 5.56. The maximum atomic E-state index is 13.1. The molecular formula is C17H19ClFNO. The average molecular weight is 308 g/mol. The molecule has 0 aliphatic rings. The minimum atomic E-state index is -0.371. The molecule has 0 aromatic heterocycles. The van der Waals surface area contributed by atoms with Gasteiger partial charge in [0.05, 0.1) is 5.02 Å². The van der Waals surface area contributed by atoms with Crippen LogP contribution in [-0.2, 0) is 0 Å². The largest absolute Gasteiger partial charge is 0.483 e. The van der Waals surface area contributed by atoms with Crippen LogP contribution in [-0.4, -0.2) is 12.6 Å². The Labute approximate surface area is 129 Å². The van der Waals surface area contributed by atoms with Gasteiger partial charge < -0.3 is 10.1 Å². The van der Waals surface area contributed by atoms with E-state index in [1.165, 1.54) is 12.1 Å². The van der Waals surface area contributed by atoms with Crippen molar-refractivity contribution in [3.05, 3.63) is 64.9 Å². The van der Waals surface area contributed by atoms with Crippen LogP contribution in [0.15, 0.2) is 48.5 Å². The predicted molar refractivity (Wildman–Crippen MR) is 84.4 cm³/mol. The number of benzene rings is 2. The van der Waals surface area contributed by atoms with Crippen molar-refractivity contribution >= 4 is 11.6 Å². The summed E-state index contributed by atoms with van der Waals surface area (Å²) < 4.78 is 19.1. The molecule has 0 saturated carbocycles. The third kappa shape index (κ3) is 4.73. The lowest BCUT2D eigenvalue weighted by Gasteiger charge is -2.22. The number of halogens is 2. The first-order valence-electron chi connectivity index (χ1n) is 6.96. The van der Waals surface area contributed by atoms with E-state index in [-0.39, 0.29) is 16.9 Å². The van der Waals surface area contributed by atoms with Gasteiger partial charge in [-0.15, -0.1) is 0 Å². The Morgan fingerprint density at radius 3 is 2.48 bits per heavy atom. The quantitative estimate of drug-likeness (QED) is 0.842. The molecule has 2 aromatic carbocycles. The molecule has 0 saturated heterocycles. The van der Waals surface area contributed by atoms with E-state index in [0.717, 1.165) is 5.56 Å². The van der Waals surface area contributed by atoms with Crippen molar-refractivity contribution in [3.8, 4) is 5.75 Å². The molecule has 4 heteroatoms. The van der Waals surface area contributed by atoms with Gasteiger partial charge in [0, 0.05) is 12.6 Å². The van der Waals surface area contributed by atoms with E-state index >= 15 is 0 Å². The molecule has 0 spiro atoms. The molecule has 2 rings (SSSR count). The molecule has 1 unspecified atom stereocenters. The summed E-state index contributed by atoms with van der Waals surface area (Å²) >= 11 is 6.04. The number of hydrogen-bond donors (Lipinski definition) is 1. The van der Waals surface area contributed by atoms with Crippen molar-refractivity contribution in [1.29, 1.82) is 0 Å². The Hall–Kier alpha value is -1.58. The van der Waals surface area contributed by atoms with E-state index in [4.69, 9.17) is 16.3 Å². The summed E-state index contributed by atoms with van der Waals surface area (Å²) in [4.78, 5) is 0. The highest BCUT2D eigenvalue weighted by atomic mass is 35.5. The zero-order chi connectivity index (χ0) is 15.2. The van der Waals surface area contributed by atoms with E-state index in [2.05, 4.69) is 19.2 Å². The highest BCUT2D eigenvalue weighted by molar-refractivity contribution is 6.32. The third-order valence-electron chi connectivity index (χ3n) is 3.05. The van der Waals surface area contributed by atoms with Gasteiger partial charge in [0.1, 0.15) is 17.7 Å². The Bertz CT molecular complexity index is 574. The minimum absolute atomic E-state index is 0.184. The highest BCUT2D eigenvalue weighted by Gasteiger charge is 2.15. The summed E-state index contributed by atoms with van der Waals surface area (Å²) in [6.45, 7) is 4.80. The van der Waals surface area contributed by atoms with Crippen LogP contribution in [0.25, 0.3) is 0 Å². The summed E-state index contributed by atoms with van der Waals surface area (Å²) in [6, 6.07) is 14.4. The normalized spacial score (nSPS) is 12.4. The van der Waals surface area contributed by atoms with Gasteiger partial charge in [-0.2, -0.15) is 0 Å². The predicted octanol–water partition coefficient (Wildman–Crippen LogP) is 4.60. The summed E-state index contributed by atoms with van der Waals surface area (Å²) in [5.41, 5.74) is 1.05. The fraction of sp³-hybridized carbons (Fsp3) is 0.294. The number of rotatable bonds is 6. The smallest absolute Gasteiger partial charge is 0.139 e. The first-order valence-corrected chi connectivity index (χ1v) is 7.34. The molecule has 2 aromatic rings. The summed E-state index contributed by atoms with van der Waals surface area (Å²) in [5, 5.41) is 3.63. The van der Waals surface area contributed by atoms with Crippen LogP contribution in [0.3, 0.4) is 0 Å². The molecule has 21 heavy (non-hydrogen) atoms. The fourth-order valence-electron chi connectivity index (χ4n) is 1.96. The monoisotopic (exact) mass is 307 g/mol. The summed E-state index contributed by atoms with van der Waals surface area (Å²) in [5.74, 6) is 0.112. The second-order valence-electron chi connectivity index (χ2n) is 5.15. The van der Waals surface area contributed by atoms with Crippen LogP contribution in [0.5, 0.6) is 5.75 Å². The highest BCUT2D eigenvalue weighted by Crippen LogP contribution is 2.29. The lowest BCUT2D eigenvalue weighted by molar-refractivity contribution is 0.198. The molecule has 0 bridgehead atoms. The maximum absolute atomic E-state index is 13.1. The summed E-state index contributed by atoms with van der Waals surface area (Å²) in [7, 11) is 0. The van der Waals surface area contributed by atoms with E-state index < -0.39 is 0 Å². The molecule has 0 radical (unpaired) electrons. The van der Waals surface area contributed by atoms with Crippen LogP contribution in [0.4, 0.5) is 4.39 Å². The molecule has 0 fully saturated rings. The zero-order valence-electron chi connectivity index (χ0n) is 12.1. The topological polar surface area (TPSA) is 21.3 Å². The Morgan fingerprint density at radius 1 is 1.14 bits per heavy atom. The molecule has 1 atom stereocenters. The Balaban J connectivity index is 2.19. The molecule has 112 valence electrons. The second kappa shape index (κ2) is 7.43. The van der Waals surface area contributed by atoms with Crippen LogP contribution in [0.2, 0.25) is 5.02 Å². The average Bonchev–Trinajstić information content (AvgIpc) is 2.46. The lowest BCUT2D eigenvalue weighted by atomic mass is 10.1.